The van der Waals surface area contributed by atoms with Gasteiger partial charge in [0.2, 0.25) is 0 Å². The molecule has 0 aromatic rings. The first-order valence-electron chi connectivity index (χ1n) is 3.73. The Morgan fingerprint density at radius 2 is 2.50 bits per heavy atom. The van der Waals surface area contributed by atoms with E-state index in [-0.39, 0.29) is 0 Å². The normalized spacial score (nSPS) is 27.6. The molecule has 1 saturated heterocycles. The van der Waals surface area contributed by atoms with E-state index in [1.807, 2.05) is 11.8 Å². The third kappa shape index (κ3) is 1.87. The van der Waals surface area contributed by atoms with Crippen molar-refractivity contribution in [2.75, 3.05) is 32.6 Å². The second-order valence-electron chi connectivity index (χ2n) is 2.41. The minimum absolute atomic E-state index is 0.620. The van der Waals surface area contributed by atoms with Crippen LogP contribution in [0.15, 0.2) is 0 Å². The molecule has 1 fully saturated rings. The Bertz CT molecular complexity index is 99.6. The summed E-state index contributed by atoms with van der Waals surface area (Å²) in [6.45, 7) is 5.46. The van der Waals surface area contributed by atoms with Crippen molar-refractivity contribution < 1.29 is 4.74 Å². The van der Waals surface area contributed by atoms with Gasteiger partial charge in [0.15, 0.2) is 0 Å². The highest BCUT2D eigenvalue weighted by atomic mass is 32.2. The van der Waals surface area contributed by atoms with Crippen molar-refractivity contribution in [3.05, 3.63) is 0 Å². The topological polar surface area (TPSA) is 12.5 Å². The lowest BCUT2D eigenvalue weighted by atomic mass is 10.5. The van der Waals surface area contributed by atoms with E-state index in [0.717, 1.165) is 13.2 Å². The van der Waals surface area contributed by atoms with Gasteiger partial charge < -0.3 is 4.74 Å². The van der Waals surface area contributed by atoms with Gasteiger partial charge in [0.1, 0.15) is 0 Å². The van der Waals surface area contributed by atoms with Gasteiger partial charge in [0.25, 0.3) is 0 Å². The molecule has 0 aromatic heterocycles. The molecule has 1 atom stereocenters. The molecule has 10 heavy (non-hydrogen) atoms. The van der Waals surface area contributed by atoms with E-state index >= 15 is 0 Å². The largest absolute Gasteiger partial charge is 0.382 e. The number of rotatable bonds is 3. The molecule has 0 aliphatic carbocycles. The van der Waals surface area contributed by atoms with Crippen LogP contribution in [0.3, 0.4) is 0 Å². The summed E-state index contributed by atoms with van der Waals surface area (Å²) in [4.78, 5) is 2.45. The van der Waals surface area contributed by atoms with Gasteiger partial charge in [-0.3, -0.25) is 4.90 Å². The predicted octanol–water partition coefficient (Wildman–Crippen LogP) is 1.03. The number of methoxy groups -OCH3 is 1. The van der Waals surface area contributed by atoms with Crippen LogP contribution in [0.5, 0.6) is 0 Å². The van der Waals surface area contributed by atoms with Gasteiger partial charge in [-0.1, -0.05) is 6.92 Å². The number of ether oxygens (including phenoxy) is 1. The zero-order valence-electron chi connectivity index (χ0n) is 6.67. The SMILES string of the molecule is CCN1CCS[C@H]1COC. The van der Waals surface area contributed by atoms with Gasteiger partial charge in [-0.05, 0) is 6.54 Å². The molecule has 1 aliphatic rings. The van der Waals surface area contributed by atoms with E-state index < -0.39 is 0 Å². The fourth-order valence-electron chi connectivity index (χ4n) is 1.21. The van der Waals surface area contributed by atoms with Crippen LogP contribution in [0, 0.1) is 0 Å². The summed E-state index contributed by atoms with van der Waals surface area (Å²) in [6, 6.07) is 0. The van der Waals surface area contributed by atoms with Crippen LogP contribution in [-0.2, 0) is 4.74 Å². The summed E-state index contributed by atoms with van der Waals surface area (Å²) in [5.41, 5.74) is 0. The Morgan fingerprint density at radius 3 is 3.10 bits per heavy atom. The predicted molar refractivity (Wildman–Crippen MR) is 45.4 cm³/mol. The molecule has 0 bridgehead atoms. The minimum Gasteiger partial charge on any atom is -0.382 e. The van der Waals surface area contributed by atoms with Crippen LogP contribution in [0.1, 0.15) is 6.92 Å². The lowest BCUT2D eigenvalue weighted by Gasteiger charge is -2.20. The van der Waals surface area contributed by atoms with Crippen LogP contribution >= 0.6 is 11.8 Å². The maximum absolute atomic E-state index is 5.10. The fourth-order valence-corrected chi connectivity index (χ4v) is 2.52. The molecule has 0 spiro atoms. The van der Waals surface area contributed by atoms with Gasteiger partial charge in [-0.2, -0.15) is 0 Å². The van der Waals surface area contributed by atoms with Crippen molar-refractivity contribution in [1.29, 1.82) is 0 Å². The molecule has 1 rings (SSSR count). The Balaban J connectivity index is 2.27. The van der Waals surface area contributed by atoms with Crippen molar-refractivity contribution in [1.82, 2.24) is 4.90 Å². The third-order valence-electron chi connectivity index (χ3n) is 1.81. The molecule has 0 N–H and O–H groups in total. The zero-order chi connectivity index (χ0) is 7.40. The molecule has 60 valence electrons. The lowest BCUT2D eigenvalue weighted by molar-refractivity contribution is 0.145. The number of nitrogens with zero attached hydrogens (tertiary/aromatic N) is 1. The van der Waals surface area contributed by atoms with E-state index in [4.69, 9.17) is 4.74 Å². The lowest BCUT2D eigenvalue weighted by Crippen LogP contribution is -2.31. The first-order valence-corrected chi connectivity index (χ1v) is 4.78. The molecule has 0 radical (unpaired) electrons. The van der Waals surface area contributed by atoms with Crippen LogP contribution in [0.25, 0.3) is 0 Å². The quantitative estimate of drug-likeness (QED) is 0.613. The minimum atomic E-state index is 0.620. The second-order valence-corrected chi connectivity index (χ2v) is 3.70. The number of likely N-dealkylation sites (N-methyl/N-ethyl adjacent to an activating group) is 1. The first-order chi connectivity index (χ1) is 4.88. The molecule has 0 aromatic carbocycles. The van der Waals surface area contributed by atoms with Crippen LogP contribution < -0.4 is 0 Å². The highest BCUT2D eigenvalue weighted by molar-refractivity contribution is 8.00. The molecular weight excluding hydrogens is 146 g/mol. The van der Waals surface area contributed by atoms with Crippen LogP contribution in [-0.4, -0.2) is 42.8 Å². The number of hydrogen-bond donors (Lipinski definition) is 0. The fraction of sp³-hybridized carbons (Fsp3) is 1.00. The van der Waals surface area contributed by atoms with Crippen molar-refractivity contribution in [2.24, 2.45) is 0 Å². The van der Waals surface area contributed by atoms with Gasteiger partial charge in [0, 0.05) is 19.4 Å². The Morgan fingerprint density at radius 1 is 1.70 bits per heavy atom. The average molecular weight is 161 g/mol. The van der Waals surface area contributed by atoms with Crippen molar-refractivity contribution in [2.45, 2.75) is 12.3 Å². The van der Waals surface area contributed by atoms with Gasteiger partial charge in [-0.15, -0.1) is 11.8 Å². The molecule has 0 saturated carbocycles. The maximum Gasteiger partial charge on any atom is 0.0794 e. The van der Waals surface area contributed by atoms with Crippen LogP contribution in [0.4, 0.5) is 0 Å². The smallest absolute Gasteiger partial charge is 0.0794 e. The molecule has 3 heteroatoms. The zero-order valence-corrected chi connectivity index (χ0v) is 7.49. The third-order valence-corrected chi connectivity index (χ3v) is 3.05. The average Bonchev–Trinajstić information content (AvgIpc) is 2.36. The first kappa shape index (κ1) is 8.37. The van der Waals surface area contributed by atoms with Gasteiger partial charge in [0.05, 0.1) is 12.0 Å². The second kappa shape index (κ2) is 4.21. The molecule has 0 unspecified atom stereocenters. The summed E-state index contributed by atoms with van der Waals surface area (Å²) >= 11 is 2.00. The van der Waals surface area contributed by atoms with E-state index in [1.165, 1.54) is 12.3 Å². The highest BCUT2D eigenvalue weighted by Crippen LogP contribution is 2.22. The van der Waals surface area contributed by atoms with Gasteiger partial charge >= 0.3 is 0 Å². The molecule has 0 amide bonds. The summed E-state index contributed by atoms with van der Waals surface area (Å²) < 4.78 is 5.10. The van der Waals surface area contributed by atoms with Crippen molar-refractivity contribution in [3.8, 4) is 0 Å². The summed E-state index contributed by atoms with van der Waals surface area (Å²) in [5, 5.41) is 0.620. The molecule has 1 heterocycles. The summed E-state index contributed by atoms with van der Waals surface area (Å²) in [5.74, 6) is 1.27. The van der Waals surface area contributed by atoms with E-state index in [1.54, 1.807) is 7.11 Å². The summed E-state index contributed by atoms with van der Waals surface area (Å²) in [7, 11) is 1.77. The monoisotopic (exact) mass is 161 g/mol. The Hall–Kier alpha value is 0.270. The molecule has 2 nitrogen and oxygen atoms in total. The highest BCUT2D eigenvalue weighted by Gasteiger charge is 2.22. The standard InChI is InChI=1S/C7H15NOS/c1-3-8-4-5-10-7(8)6-9-2/h7H,3-6H2,1-2H3/t7-/m0/s1. The van der Waals surface area contributed by atoms with Crippen molar-refractivity contribution >= 4 is 11.8 Å². The number of thioether (sulfide) groups is 1. The van der Waals surface area contributed by atoms with Crippen molar-refractivity contribution in [3.63, 3.8) is 0 Å². The van der Waals surface area contributed by atoms with E-state index in [9.17, 15) is 0 Å². The van der Waals surface area contributed by atoms with Gasteiger partial charge in [-0.25, -0.2) is 0 Å². The van der Waals surface area contributed by atoms with E-state index in [0.29, 0.717) is 5.37 Å². The maximum atomic E-state index is 5.10. The Kier molecular flexibility index (Phi) is 3.52. The summed E-state index contributed by atoms with van der Waals surface area (Å²) in [6.07, 6.45) is 0. The molecular formula is C7H15NOS. The van der Waals surface area contributed by atoms with E-state index in [2.05, 4.69) is 11.8 Å². The molecule has 1 aliphatic heterocycles. The van der Waals surface area contributed by atoms with Crippen LogP contribution in [0.2, 0.25) is 0 Å². The number of hydrogen-bond acceptors (Lipinski definition) is 3. The Labute approximate surface area is 66.9 Å².